The Labute approximate surface area is 106 Å². The summed E-state index contributed by atoms with van der Waals surface area (Å²) in [6.07, 6.45) is 5.31. The van der Waals surface area contributed by atoms with Crippen molar-refractivity contribution in [1.82, 2.24) is 0 Å². The van der Waals surface area contributed by atoms with E-state index in [1.807, 2.05) is 6.07 Å². The Kier molecular flexibility index (Phi) is 4.64. The molecule has 0 aliphatic carbocycles. The highest BCUT2D eigenvalue weighted by Crippen LogP contribution is 2.13. The smallest absolute Gasteiger partial charge is 0.153 e. The Balaban J connectivity index is 3.13. The number of nitrogens with zero attached hydrogens (tertiary/aromatic N) is 3. The summed E-state index contributed by atoms with van der Waals surface area (Å²) in [6.45, 7) is 0. The van der Waals surface area contributed by atoms with Gasteiger partial charge >= 0.3 is 0 Å². The number of aliphatic imine (C=N–C) groups is 3. The Morgan fingerprint density at radius 2 is 1.89 bits per heavy atom. The number of terminal acetylenes is 1. The van der Waals surface area contributed by atoms with Crippen LogP contribution in [0.3, 0.4) is 0 Å². The second-order valence-corrected chi connectivity index (χ2v) is 3.37. The second kappa shape index (κ2) is 6.21. The molecule has 18 heavy (non-hydrogen) atoms. The molecular formula is C13H15N5. The molecule has 0 saturated heterocycles. The van der Waals surface area contributed by atoms with E-state index in [2.05, 4.69) is 20.9 Å². The molecule has 0 amide bonds. The lowest BCUT2D eigenvalue weighted by atomic mass is 10.2. The fourth-order valence-corrected chi connectivity index (χ4v) is 1.32. The van der Waals surface area contributed by atoms with Gasteiger partial charge in [0.2, 0.25) is 0 Å². The van der Waals surface area contributed by atoms with Crippen LogP contribution < -0.4 is 11.5 Å². The van der Waals surface area contributed by atoms with Gasteiger partial charge in [0.05, 0.1) is 5.69 Å². The summed E-state index contributed by atoms with van der Waals surface area (Å²) in [6, 6.07) is 7.16. The highest BCUT2D eigenvalue weighted by Gasteiger charge is 2.08. The molecule has 1 rings (SSSR count). The summed E-state index contributed by atoms with van der Waals surface area (Å²) >= 11 is 0. The van der Waals surface area contributed by atoms with Crippen LogP contribution in [-0.2, 0) is 0 Å². The molecule has 4 N–H and O–H groups in total. The average Bonchev–Trinajstić information content (AvgIpc) is 2.39. The van der Waals surface area contributed by atoms with Crippen molar-refractivity contribution in [3.05, 3.63) is 29.8 Å². The zero-order chi connectivity index (χ0) is 13.5. The zero-order valence-corrected chi connectivity index (χ0v) is 10.4. The van der Waals surface area contributed by atoms with Crippen LogP contribution in [0.1, 0.15) is 5.56 Å². The molecule has 5 nitrogen and oxygen atoms in total. The third kappa shape index (κ3) is 3.19. The van der Waals surface area contributed by atoms with Crippen LogP contribution in [0.15, 0.2) is 39.2 Å². The molecule has 5 heteroatoms. The molecule has 0 saturated carbocycles. The lowest BCUT2D eigenvalue weighted by Crippen LogP contribution is -2.35. The Morgan fingerprint density at radius 3 is 2.44 bits per heavy atom. The van der Waals surface area contributed by atoms with Crippen LogP contribution >= 0.6 is 0 Å². The quantitative estimate of drug-likeness (QED) is 0.464. The van der Waals surface area contributed by atoms with E-state index < -0.39 is 0 Å². The van der Waals surface area contributed by atoms with Gasteiger partial charge in [-0.05, 0) is 18.2 Å². The Hall–Kier alpha value is -2.61. The van der Waals surface area contributed by atoms with Crippen molar-refractivity contribution < 1.29 is 0 Å². The monoisotopic (exact) mass is 241 g/mol. The molecule has 0 radical (unpaired) electrons. The predicted octanol–water partition coefficient (Wildman–Crippen LogP) is 0.714. The molecule has 0 bridgehead atoms. The fraction of sp³-hybridized carbons (Fsp3) is 0.154. The Bertz CT molecular complexity index is 561. The predicted molar refractivity (Wildman–Crippen MR) is 76.6 cm³/mol. The van der Waals surface area contributed by atoms with E-state index >= 15 is 0 Å². The van der Waals surface area contributed by atoms with Crippen molar-refractivity contribution in [3.63, 3.8) is 0 Å². The first-order chi connectivity index (χ1) is 8.62. The first-order valence-corrected chi connectivity index (χ1v) is 5.23. The lowest BCUT2D eigenvalue weighted by Gasteiger charge is -2.04. The van der Waals surface area contributed by atoms with E-state index in [0.717, 1.165) is 5.56 Å². The summed E-state index contributed by atoms with van der Waals surface area (Å²) in [5.41, 5.74) is 13.2. The van der Waals surface area contributed by atoms with Crippen LogP contribution in [0.25, 0.3) is 0 Å². The van der Waals surface area contributed by atoms with E-state index in [9.17, 15) is 0 Å². The second-order valence-electron chi connectivity index (χ2n) is 3.37. The number of rotatable bonds is 3. The van der Waals surface area contributed by atoms with Gasteiger partial charge in [0.25, 0.3) is 0 Å². The van der Waals surface area contributed by atoms with Gasteiger partial charge < -0.3 is 11.5 Å². The maximum Gasteiger partial charge on any atom is 0.153 e. The van der Waals surface area contributed by atoms with Crippen LogP contribution in [0.4, 0.5) is 5.69 Å². The molecule has 0 aliphatic rings. The van der Waals surface area contributed by atoms with Gasteiger partial charge in [0, 0.05) is 19.7 Å². The number of nitrogens with two attached hydrogens (primary N) is 2. The minimum absolute atomic E-state index is 0.203. The van der Waals surface area contributed by atoms with Gasteiger partial charge in [-0.25, -0.2) is 4.99 Å². The minimum atomic E-state index is 0.203. The molecule has 1 aromatic carbocycles. The van der Waals surface area contributed by atoms with Crippen molar-refractivity contribution in [2.45, 2.75) is 0 Å². The molecule has 0 heterocycles. The molecular weight excluding hydrogens is 226 g/mol. The van der Waals surface area contributed by atoms with Gasteiger partial charge in [-0.2, -0.15) is 0 Å². The Morgan fingerprint density at radius 1 is 1.17 bits per heavy atom. The molecule has 0 fully saturated rings. The van der Waals surface area contributed by atoms with Crippen molar-refractivity contribution in [1.29, 1.82) is 0 Å². The molecule has 0 spiro atoms. The summed E-state index contributed by atoms with van der Waals surface area (Å²) < 4.78 is 0. The van der Waals surface area contributed by atoms with Crippen LogP contribution in [0, 0.1) is 12.3 Å². The summed E-state index contributed by atoms with van der Waals surface area (Å²) in [7, 11) is 3.14. The van der Waals surface area contributed by atoms with E-state index in [4.69, 9.17) is 17.9 Å². The number of benzene rings is 1. The van der Waals surface area contributed by atoms with Crippen molar-refractivity contribution in [2.24, 2.45) is 26.4 Å². The van der Waals surface area contributed by atoms with Crippen LogP contribution in [0.2, 0.25) is 0 Å². The third-order valence-corrected chi connectivity index (χ3v) is 2.21. The number of hydrogen-bond acceptors (Lipinski definition) is 3. The average molecular weight is 241 g/mol. The van der Waals surface area contributed by atoms with E-state index in [0.29, 0.717) is 11.4 Å². The van der Waals surface area contributed by atoms with Crippen molar-refractivity contribution in [3.8, 4) is 12.3 Å². The maximum absolute atomic E-state index is 5.84. The topological polar surface area (TPSA) is 89.1 Å². The van der Waals surface area contributed by atoms with E-state index in [1.54, 1.807) is 32.3 Å². The third-order valence-electron chi connectivity index (χ3n) is 2.21. The van der Waals surface area contributed by atoms with Gasteiger partial charge in [0.1, 0.15) is 11.5 Å². The number of hydrogen-bond donors (Lipinski definition) is 2. The summed E-state index contributed by atoms with van der Waals surface area (Å²) in [5, 5.41) is 0. The van der Waals surface area contributed by atoms with Gasteiger partial charge in [0.15, 0.2) is 5.84 Å². The van der Waals surface area contributed by atoms with E-state index in [-0.39, 0.29) is 11.7 Å². The first-order valence-electron chi connectivity index (χ1n) is 5.23. The normalized spacial score (nSPS) is 13.3. The minimum Gasteiger partial charge on any atom is -0.382 e. The summed E-state index contributed by atoms with van der Waals surface area (Å²) in [4.78, 5) is 12.0. The molecule has 0 unspecified atom stereocenters. The molecule has 0 atom stereocenters. The largest absolute Gasteiger partial charge is 0.382 e. The van der Waals surface area contributed by atoms with Gasteiger partial charge in [-0.1, -0.05) is 12.0 Å². The van der Waals surface area contributed by atoms with Crippen LogP contribution in [0.5, 0.6) is 0 Å². The fourth-order valence-electron chi connectivity index (χ4n) is 1.32. The molecule has 0 aromatic heterocycles. The maximum atomic E-state index is 5.84. The summed E-state index contributed by atoms with van der Waals surface area (Å²) in [5.74, 6) is 2.97. The first kappa shape index (κ1) is 13.5. The highest BCUT2D eigenvalue weighted by molar-refractivity contribution is 6.67. The standard InChI is InChI=1S/C13H15N5/c1-4-9-6-5-7-10(8-9)18-13(15)11(16-2)12(14)17-3/h1,5-8H,2-3H3,(H2,14,17)(H2,15,18). The molecule has 1 aromatic rings. The highest BCUT2D eigenvalue weighted by atomic mass is 14.9. The van der Waals surface area contributed by atoms with E-state index in [1.165, 1.54) is 0 Å². The zero-order valence-electron chi connectivity index (χ0n) is 10.4. The molecule has 0 aliphatic heterocycles. The molecule has 92 valence electrons. The lowest BCUT2D eigenvalue weighted by molar-refractivity contribution is 1.39. The van der Waals surface area contributed by atoms with Crippen LogP contribution in [-0.4, -0.2) is 31.5 Å². The number of amidine groups is 2. The van der Waals surface area contributed by atoms with Gasteiger partial charge in [-0.3, -0.25) is 9.98 Å². The van der Waals surface area contributed by atoms with Crippen molar-refractivity contribution >= 4 is 23.1 Å². The van der Waals surface area contributed by atoms with Gasteiger partial charge in [-0.15, -0.1) is 6.42 Å². The van der Waals surface area contributed by atoms with Crippen molar-refractivity contribution in [2.75, 3.05) is 14.1 Å². The SMILES string of the molecule is C#Cc1cccc(N=C(N)C(=NC)C(N)=NC)c1.